The van der Waals surface area contributed by atoms with Gasteiger partial charge in [-0.25, -0.2) is 0 Å². The number of rotatable bonds is 8. The van der Waals surface area contributed by atoms with Crippen molar-refractivity contribution >= 4 is 28.6 Å². The van der Waals surface area contributed by atoms with Crippen LogP contribution in [0.1, 0.15) is 30.3 Å². The Labute approximate surface area is 164 Å². The van der Waals surface area contributed by atoms with E-state index in [1.807, 2.05) is 91.0 Å². The van der Waals surface area contributed by atoms with Crippen molar-refractivity contribution in [2.45, 2.75) is 24.8 Å². The van der Waals surface area contributed by atoms with Gasteiger partial charge >= 0.3 is 0 Å². The smallest absolute Gasteiger partial charge is 0.162 e. The van der Waals surface area contributed by atoms with Crippen LogP contribution in [0.4, 0.5) is 0 Å². The highest BCUT2D eigenvalue weighted by Crippen LogP contribution is 2.58. The molecule has 0 spiro atoms. The molecule has 0 aromatic heterocycles. The predicted molar refractivity (Wildman–Crippen MR) is 117 cm³/mol. The minimum absolute atomic E-state index is 0.546. The van der Waals surface area contributed by atoms with Gasteiger partial charge in [0.15, 0.2) is 7.14 Å². The summed E-state index contributed by atoms with van der Waals surface area (Å²) in [4.78, 5) is -0.546. The molecule has 2 nitrogen and oxygen atoms in total. The fourth-order valence-electron chi connectivity index (χ4n) is 3.26. The summed E-state index contributed by atoms with van der Waals surface area (Å²) < 4.78 is 28.2. The van der Waals surface area contributed by atoms with E-state index in [0.717, 1.165) is 29.0 Å². The molecule has 0 amide bonds. The molecule has 0 aliphatic heterocycles. The monoisotopic (exact) mass is 396 g/mol. The van der Waals surface area contributed by atoms with Crippen LogP contribution in [-0.4, -0.2) is 9.96 Å². The molecule has 0 bridgehead atoms. The van der Waals surface area contributed by atoms with E-state index < -0.39 is 22.9 Å². The second-order valence-corrected chi connectivity index (χ2v) is 11.4. The Bertz CT molecular complexity index is 867. The first-order valence-corrected chi connectivity index (χ1v) is 12.5. The quantitative estimate of drug-likeness (QED) is 0.488. The van der Waals surface area contributed by atoms with Gasteiger partial charge in [-0.15, -0.1) is 0 Å². The minimum atomic E-state index is -3.15. The number of unbranched alkanes of at least 4 members (excludes halogenated alkanes) is 1. The molecule has 2 atom stereocenters. The zero-order valence-electron chi connectivity index (χ0n) is 15.5. The molecule has 0 aliphatic rings. The zero-order chi connectivity index (χ0) is 19.1. The summed E-state index contributed by atoms with van der Waals surface area (Å²) in [6.45, 7) is 2.09. The third kappa shape index (κ3) is 4.31. The van der Waals surface area contributed by atoms with E-state index in [1.54, 1.807) is 0 Å². The summed E-state index contributed by atoms with van der Waals surface area (Å²) in [5.74, 6) is 0.555. The topological polar surface area (TPSA) is 34.1 Å². The third-order valence-electron chi connectivity index (χ3n) is 4.64. The van der Waals surface area contributed by atoms with Gasteiger partial charge in [0.25, 0.3) is 0 Å². The number of hydrogen-bond donors (Lipinski definition) is 0. The molecule has 140 valence electrons. The molecule has 0 heterocycles. The van der Waals surface area contributed by atoms with Crippen LogP contribution < -0.4 is 10.6 Å². The highest BCUT2D eigenvalue weighted by atomic mass is 32.2. The second kappa shape index (κ2) is 9.30. The van der Waals surface area contributed by atoms with E-state index >= 15 is 0 Å². The van der Waals surface area contributed by atoms with E-state index in [0.29, 0.717) is 5.75 Å². The van der Waals surface area contributed by atoms with Crippen molar-refractivity contribution < 1.29 is 8.77 Å². The first kappa shape index (κ1) is 19.8. The summed E-state index contributed by atoms with van der Waals surface area (Å²) in [5.41, 5.74) is 0.878. The Kier molecular flexibility index (Phi) is 6.82. The van der Waals surface area contributed by atoms with Crippen LogP contribution in [0.5, 0.6) is 0 Å². The predicted octanol–water partition coefficient (Wildman–Crippen LogP) is 5.25. The van der Waals surface area contributed by atoms with E-state index in [1.165, 1.54) is 0 Å². The molecule has 4 heteroatoms. The average molecular weight is 396 g/mol. The average Bonchev–Trinajstić information content (AvgIpc) is 2.74. The lowest BCUT2D eigenvalue weighted by Gasteiger charge is -2.28. The summed E-state index contributed by atoms with van der Waals surface area (Å²) in [7, 11) is -4.39. The summed E-state index contributed by atoms with van der Waals surface area (Å²) in [6.07, 6.45) is 1.83. The molecule has 3 aromatic carbocycles. The normalized spacial score (nSPS) is 13.8. The number of hydrogen-bond acceptors (Lipinski definition) is 2. The minimum Gasteiger partial charge on any atom is -0.312 e. The molecular weight excluding hydrogens is 371 g/mol. The maximum Gasteiger partial charge on any atom is 0.162 e. The van der Waals surface area contributed by atoms with Gasteiger partial charge in [0.05, 0.1) is 0 Å². The van der Waals surface area contributed by atoms with Crippen molar-refractivity contribution in [2.24, 2.45) is 0 Å². The molecule has 0 N–H and O–H groups in total. The van der Waals surface area contributed by atoms with Crippen LogP contribution in [0.2, 0.25) is 0 Å². The van der Waals surface area contributed by atoms with Crippen LogP contribution in [0.25, 0.3) is 0 Å². The van der Waals surface area contributed by atoms with Crippen molar-refractivity contribution in [1.82, 2.24) is 0 Å². The lowest BCUT2D eigenvalue weighted by atomic mass is 10.2. The van der Waals surface area contributed by atoms with Crippen molar-refractivity contribution in [1.29, 1.82) is 0 Å². The molecule has 0 saturated carbocycles. The molecule has 27 heavy (non-hydrogen) atoms. The maximum atomic E-state index is 14.7. The fourth-order valence-corrected chi connectivity index (χ4v) is 9.55. The SMILES string of the molecule is CCCC[S@@](=O)[C@@H](c1ccccc1)P(=O)(c1ccccc1)c1ccccc1. The van der Waals surface area contributed by atoms with Gasteiger partial charge in [-0.3, -0.25) is 4.21 Å². The Morgan fingerprint density at radius 2 is 1.22 bits per heavy atom. The molecule has 0 radical (unpaired) electrons. The third-order valence-corrected chi connectivity index (χ3v) is 10.8. The van der Waals surface area contributed by atoms with E-state index in [9.17, 15) is 8.77 Å². The maximum absolute atomic E-state index is 14.7. The van der Waals surface area contributed by atoms with Gasteiger partial charge in [0.1, 0.15) is 4.99 Å². The van der Waals surface area contributed by atoms with Crippen LogP contribution in [0, 0.1) is 0 Å². The lowest BCUT2D eigenvalue weighted by Crippen LogP contribution is -2.25. The highest BCUT2D eigenvalue weighted by Gasteiger charge is 2.41. The molecule has 3 rings (SSSR count). The summed E-state index contributed by atoms with van der Waals surface area (Å²) in [5, 5.41) is 1.52. The molecule has 0 unspecified atom stereocenters. The first-order valence-electron chi connectivity index (χ1n) is 9.31. The molecule has 3 aromatic rings. The van der Waals surface area contributed by atoms with Crippen LogP contribution in [0.3, 0.4) is 0 Å². The second-order valence-electron chi connectivity index (χ2n) is 6.53. The summed E-state index contributed by atoms with van der Waals surface area (Å²) in [6, 6.07) is 28.8. The fraction of sp³-hybridized carbons (Fsp3) is 0.217. The van der Waals surface area contributed by atoms with Gasteiger partial charge in [0.2, 0.25) is 0 Å². The largest absolute Gasteiger partial charge is 0.312 e. The van der Waals surface area contributed by atoms with E-state index in [-0.39, 0.29) is 0 Å². The molecule has 0 fully saturated rings. The lowest BCUT2D eigenvalue weighted by molar-refractivity contribution is 0.584. The molecule has 0 aliphatic carbocycles. The highest BCUT2D eigenvalue weighted by molar-refractivity contribution is 7.98. The van der Waals surface area contributed by atoms with Crippen molar-refractivity contribution in [3.8, 4) is 0 Å². The van der Waals surface area contributed by atoms with Crippen LogP contribution in [0.15, 0.2) is 91.0 Å². The van der Waals surface area contributed by atoms with Gasteiger partial charge in [0, 0.05) is 27.2 Å². The van der Waals surface area contributed by atoms with Gasteiger partial charge < -0.3 is 4.57 Å². The van der Waals surface area contributed by atoms with E-state index in [4.69, 9.17) is 0 Å². The first-order chi connectivity index (χ1) is 13.2. The van der Waals surface area contributed by atoms with Crippen molar-refractivity contribution in [2.75, 3.05) is 5.75 Å². The van der Waals surface area contributed by atoms with E-state index in [2.05, 4.69) is 6.92 Å². The number of benzene rings is 3. The van der Waals surface area contributed by atoms with Gasteiger partial charge in [-0.05, 0) is 12.0 Å². The Hall–Kier alpha value is -1.96. The molecule has 0 saturated heterocycles. The van der Waals surface area contributed by atoms with Crippen LogP contribution in [-0.2, 0) is 15.4 Å². The Balaban J connectivity index is 2.23. The van der Waals surface area contributed by atoms with Crippen LogP contribution >= 0.6 is 7.14 Å². The standard InChI is InChI=1S/C23H25O2PS/c1-2-3-19-27(25)23(20-13-7-4-8-14-20)26(24,21-15-9-5-10-16-21)22-17-11-6-12-18-22/h4-18,23H,2-3,19H2,1H3/t23-,27+/m0/s1. The Morgan fingerprint density at radius 3 is 1.67 bits per heavy atom. The van der Waals surface area contributed by atoms with Crippen molar-refractivity contribution in [3.05, 3.63) is 96.6 Å². The Morgan fingerprint density at radius 1 is 0.778 bits per heavy atom. The molecular formula is C23H25O2PS. The van der Waals surface area contributed by atoms with Gasteiger partial charge in [-0.2, -0.15) is 0 Å². The summed E-state index contributed by atoms with van der Waals surface area (Å²) >= 11 is 0. The zero-order valence-corrected chi connectivity index (χ0v) is 17.2. The van der Waals surface area contributed by atoms with Crippen molar-refractivity contribution in [3.63, 3.8) is 0 Å². The van der Waals surface area contributed by atoms with Gasteiger partial charge in [-0.1, -0.05) is 104 Å².